The Balaban J connectivity index is 1.27. The van der Waals surface area contributed by atoms with Crippen LogP contribution in [0.5, 0.6) is 5.75 Å². The quantitative estimate of drug-likeness (QED) is 0.225. The lowest BCUT2D eigenvalue weighted by Gasteiger charge is -2.37. The Hall–Kier alpha value is -4.22. The third-order valence-corrected chi connectivity index (χ3v) is 8.83. The second kappa shape index (κ2) is 11.9. The molecule has 0 unspecified atom stereocenters. The fourth-order valence-electron chi connectivity index (χ4n) is 5.14. The molecule has 1 amide bonds. The zero-order valence-electron chi connectivity index (χ0n) is 22.9. The lowest BCUT2D eigenvalue weighted by Crippen LogP contribution is -2.47. The number of carbonyl (C=O) groups is 1. The van der Waals surface area contributed by atoms with Crippen LogP contribution in [0, 0.1) is 5.82 Å². The average Bonchev–Trinajstić information content (AvgIpc) is 3.29. The molecule has 6 rings (SSSR count). The first-order chi connectivity index (χ1) is 20.4. The van der Waals surface area contributed by atoms with E-state index in [9.17, 15) is 14.0 Å². The van der Waals surface area contributed by atoms with Crippen LogP contribution in [0.1, 0.15) is 11.1 Å². The minimum absolute atomic E-state index is 0.219. The molecule has 8 nitrogen and oxygen atoms in total. The number of hydrogen-bond acceptors (Lipinski definition) is 8. The van der Waals surface area contributed by atoms with Gasteiger partial charge in [0.05, 0.1) is 17.6 Å². The maximum Gasteiger partial charge on any atom is 0.267 e. The van der Waals surface area contributed by atoms with E-state index >= 15 is 0 Å². The summed E-state index contributed by atoms with van der Waals surface area (Å²) >= 11 is 6.77. The van der Waals surface area contributed by atoms with Crippen LogP contribution < -0.4 is 20.1 Å². The van der Waals surface area contributed by atoms with Gasteiger partial charge < -0.3 is 14.5 Å². The molecule has 0 N–H and O–H groups in total. The fraction of sp³-hybridized carbons (Fsp3) is 0.226. The molecular weight excluding hydrogens is 574 g/mol. The Morgan fingerprint density at radius 2 is 1.69 bits per heavy atom. The summed E-state index contributed by atoms with van der Waals surface area (Å²) in [6.45, 7) is 3.00. The number of benzene rings is 2. The first-order valence-electron chi connectivity index (χ1n) is 13.6. The minimum atomic E-state index is -0.269. The molecule has 214 valence electrons. The molecule has 2 aromatic heterocycles. The zero-order valence-corrected chi connectivity index (χ0v) is 24.5. The second-order valence-corrected chi connectivity index (χ2v) is 11.6. The lowest BCUT2D eigenvalue weighted by atomic mass is 10.1. The normalized spacial score (nSPS) is 16.6. The average molecular weight is 602 g/mol. The predicted octanol–water partition coefficient (Wildman–Crippen LogP) is 4.61. The summed E-state index contributed by atoms with van der Waals surface area (Å²) in [5, 5.41) is 0. The van der Waals surface area contributed by atoms with Crippen molar-refractivity contribution in [2.45, 2.75) is 6.42 Å². The molecule has 2 aliphatic heterocycles. The van der Waals surface area contributed by atoms with Gasteiger partial charge in [0.1, 0.15) is 27.4 Å². The molecule has 42 heavy (non-hydrogen) atoms. The molecule has 0 bridgehead atoms. The van der Waals surface area contributed by atoms with E-state index in [1.54, 1.807) is 48.5 Å². The van der Waals surface area contributed by atoms with Gasteiger partial charge in [0.2, 0.25) is 0 Å². The largest absolute Gasteiger partial charge is 0.497 e. The van der Waals surface area contributed by atoms with Gasteiger partial charge >= 0.3 is 0 Å². The summed E-state index contributed by atoms with van der Waals surface area (Å²) in [5.74, 6) is 0.820. The molecular formula is C31H28FN5O3S2. The number of pyridine rings is 1. The van der Waals surface area contributed by atoms with E-state index in [1.165, 1.54) is 28.3 Å². The predicted molar refractivity (Wildman–Crippen MR) is 169 cm³/mol. The molecule has 0 atom stereocenters. The number of aromatic nitrogens is 2. The van der Waals surface area contributed by atoms with Crippen LogP contribution in [0.2, 0.25) is 0 Å². The van der Waals surface area contributed by atoms with Crippen molar-refractivity contribution in [1.29, 1.82) is 0 Å². The van der Waals surface area contributed by atoms with Crippen LogP contribution in [0.4, 0.5) is 15.9 Å². The van der Waals surface area contributed by atoms with Crippen LogP contribution in [-0.4, -0.2) is 64.3 Å². The summed E-state index contributed by atoms with van der Waals surface area (Å²) in [4.78, 5) is 38.3. The third-order valence-electron chi connectivity index (χ3n) is 7.45. The monoisotopic (exact) mass is 601 g/mol. The number of ether oxygens (including phenoxy) is 1. The van der Waals surface area contributed by atoms with Crippen molar-refractivity contribution in [1.82, 2.24) is 14.3 Å². The number of thiocarbonyl (C=S) groups is 1. The van der Waals surface area contributed by atoms with Crippen LogP contribution in [0.15, 0.2) is 82.6 Å². The van der Waals surface area contributed by atoms with Crippen LogP contribution >= 0.6 is 24.0 Å². The number of piperazine rings is 1. The topological polar surface area (TPSA) is 70.4 Å². The Kier molecular flexibility index (Phi) is 7.94. The van der Waals surface area contributed by atoms with Crippen molar-refractivity contribution in [2.75, 3.05) is 49.6 Å². The molecule has 11 heteroatoms. The Morgan fingerprint density at radius 3 is 2.40 bits per heavy atom. The standard InChI is InChI=1S/C31H28FN5O3S2/c1-40-24-11-5-21(6-12-24)13-15-37-30(39)26(42-31(37)41)20-25-28(33-27-4-2-3-14-36(27)29(25)38)35-18-16-34(17-19-35)23-9-7-22(32)8-10-23/h2-12,14,20H,13,15-19H2,1H3. The minimum Gasteiger partial charge on any atom is -0.497 e. The summed E-state index contributed by atoms with van der Waals surface area (Å²) in [6.07, 6.45) is 3.95. The van der Waals surface area contributed by atoms with E-state index in [1.807, 2.05) is 30.3 Å². The smallest absolute Gasteiger partial charge is 0.267 e. The van der Waals surface area contributed by atoms with Crippen molar-refractivity contribution in [2.24, 2.45) is 0 Å². The Bertz CT molecular complexity index is 1730. The van der Waals surface area contributed by atoms with Gasteiger partial charge in [0, 0.05) is 44.6 Å². The van der Waals surface area contributed by atoms with Crippen LogP contribution in [0.25, 0.3) is 11.7 Å². The highest BCUT2D eigenvalue weighted by atomic mass is 32.2. The fourth-order valence-corrected chi connectivity index (χ4v) is 6.43. The maximum atomic E-state index is 13.8. The van der Waals surface area contributed by atoms with Crippen molar-refractivity contribution in [3.63, 3.8) is 0 Å². The number of carbonyl (C=O) groups excluding carboxylic acids is 1. The third kappa shape index (κ3) is 5.62. The van der Waals surface area contributed by atoms with Gasteiger partial charge in [-0.2, -0.15) is 0 Å². The van der Waals surface area contributed by atoms with Gasteiger partial charge in [-0.1, -0.05) is 42.2 Å². The van der Waals surface area contributed by atoms with E-state index in [0.717, 1.165) is 17.0 Å². The number of nitrogens with zero attached hydrogens (tertiary/aromatic N) is 5. The first-order valence-corrected chi connectivity index (χ1v) is 14.8. The summed E-state index contributed by atoms with van der Waals surface area (Å²) < 4.78 is 20.6. The van der Waals surface area contributed by atoms with E-state index in [0.29, 0.717) is 65.4 Å². The van der Waals surface area contributed by atoms with Crippen molar-refractivity contribution in [3.05, 3.63) is 105 Å². The number of anilines is 2. The molecule has 0 saturated carbocycles. The molecule has 4 heterocycles. The van der Waals surface area contributed by atoms with E-state index in [4.69, 9.17) is 21.9 Å². The summed E-state index contributed by atoms with van der Waals surface area (Å²) in [5.41, 5.74) is 2.64. The number of rotatable bonds is 7. The highest BCUT2D eigenvalue weighted by molar-refractivity contribution is 8.26. The molecule has 0 aliphatic carbocycles. The SMILES string of the molecule is COc1ccc(CCN2C(=O)C(=Cc3c(N4CCN(c5ccc(F)cc5)CC4)nc4ccccn4c3=O)SC2=S)cc1. The molecule has 4 aromatic rings. The van der Waals surface area contributed by atoms with E-state index < -0.39 is 0 Å². The lowest BCUT2D eigenvalue weighted by molar-refractivity contribution is -0.122. The summed E-state index contributed by atoms with van der Waals surface area (Å²) in [7, 11) is 1.62. The Labute approximate surface area is 252 Å². The highest BCUT2D eigenvalue weighted by Gasteiger charge is 2.33. The molecule has 2 saturated heterocycles. The van der Waals surface area contributed by atoms with Crippen molar-refractivity contribution >= 4 is 57.4 Å². The van der Waals surface area contributed by atoms with Crippen molar-refractivity contribution < 1.29 is 13.9 Å². The van der Waals surface area contributed by atoms with Crippen LogP contribution in [-0.2, 0) is 11.2 Å². The molecule has 2 fully saturated rings. The van der Waals surface area contributed by atoms with Crippen LogP contribution in [0.3, 0.4) is 0 Å². The number of halogens is 1. The van der Waals surface area contributed by atoms with E-state index in [-0.39, 0.29) is 17.3 Å². The number of fused-ring (bicyclic) bond motifs is 1. The zero-order chi connectivity index (χ0) is 29.2. The number of methoxy groups -OCH3 is 1. The number of thioether (sulfide) groups is 1. The molecule has 0 radical (unpaired) electrons. The van der Waals surface area contributed by atoms with Gasteiger partial charge in [-0.05, 0) is 66.6 Å². The van der Waals surface area contributed by atoms with E-state index in [2.05, 4.69) is 9.80 Å². The van der Waals surface area contributed by atoms with Gasteiger partial charge in [0.25, 0.3) is 11.5 Å². The van der Waals surface area contributed by atoms with Gasteiger partial charge in [0.15, 0.2) is 0 Å². The number of amides is 1. The summed E-state index contributed by atoms with van der Waals surface area (Å²) in [6, 6.07) is 19.6. The molecule has 2 aliphatic rings. The maximum absolute atomic E-state index is 13.8. The van der Waals surface area contributed by atoms with Gasteiger partial charge in [-0.25, -0.2) is 9.37 Å². The first kappa shape index (κ1) is 27.9. The molecule has 2 aromatic carbocycles. The Morgan fingerprint density at radius 1 is 0.976 bits per heavy atom. The van der Waals surface area contributed by atoms with Crippen molar-refractivity contribution in [3.8, 4) is 5.75 Å². The van der Waals surface area contributed by atoms with Gasteiger partial charge in [-0.15, -0.1) is 0 Å². The second-order valence-electron chi connectivity index (χ2n) is 9.97. The molecule has 0 spiro atoms. The number of hydrogen-bond donors (Lipinski definition) is 0. The highest BCUT2D eigenvalue weighted by Crippen LogP contribution is 2.34. The van der Waals surface area contributed by atoms with Gasteiger partial charge in [-0.3, -0.25) is 18.9 Å².